The topological polar surface area (TPSA) is 77.2 Å². The fraction of sp³-hybridized carbons (Fsp3) is 0.812. The van der Waals surface area contributed by atoms with Gasteiger partial charge in [-0.3, -0.25) is 4.79 Å². The van der Waals surface area contributed by atoms with Crippen LogP contribution in [0.4, 0.5) is 0 Å². The first-order valence-electron chi connectivity index (χ1n) is 8.18. The summed E-state index contributed by atoms with van der Waals surface area (Å²) in [5, 5.41) is 10.6. The number of nitrogens with one attached hydrogen (secondary N) is 1. The highest BCUT2D eigenvalue weighted by Crippen LogP contribution is 2.46. The third-order valence-corrected chi connectivity index (χ3v) is 4.62. The average molecular weight is 307 g/mol. The van der Waals surface area contributed by atoms with Gasteiger partial charge in [0.2, 0.25) is 5.89 Å². The second-order valence-electron chi connectivity index (χ2n) is 7.52. The van der Waals surface area contributed by atoms with E-state index in [-0.39, 0.29) is 28.9 Å². The van der Waals surface area contributed by atoms with Gasteiger partial charge in [-0.1, -0.05) is 20.8 Å². The van der Waals surface area contributed by atoms with Crippen molar-refractivity contribution in [2.24, 2.45) is 0 Å². The van der Waals surface area contributed by atoms with E-state index < -0.39 is 0 Å². The fourth-order valence-electron chi connectivity index (χ4n) is 3.08. The monoisotopic (exact) mass is 307 g/mol. The van der Waals surface area contributed by atoms with Crippen LogP contribution in [-0.4, -0.2) is 34.4 Å². The Morgan fingerprint density at radius 1 is 1.32 bits per heavy atom. The van der Waals surface area contributed by atoms with Gasteiger partial charge >= 0.3 is 11.8 Å². The molecule has 0 aromatic carbocycles. The van der Waals surface area contributed by atoms with E-state index >= 15 is 0 Å². The van der Waals surface area contributed by atoms with E-state index in [1.54, 1.807) is 0 Å². The Kier molecular flexibility index (Phi) is 3.97. The summed E-state index contributed by atoms with van der Waals surface area (Å²) in [5.41, 5.74) is -0.0664. The molecule has 1 atom stereocenters. The van der Waals surface area contributed by atoms with Crippen LogP contribution in [0, 0.1) is 0 Å². The number of amides is 1. The Morgan fingerprint density at radius 2 is 2.09 bits per heavy atom. The van der Waals surface area contributed by atoms with Crippen molar-refractivity contribution in [3.05, 3.63) is 11.8 Å². The summed E-state index contributed by atoms with van der Waals surface area (Å²) in [7, 11) is 0. The molecule has 1 saturated carbocycles. The molecule has 6 heteroatoms. The van der Waals surface area contributed by atoms with E-state index in [1.165, 1.54) is 25.7 Å². The molecule has 1 aliphatic carbocycles. The number of rotatable bonds is 4. The predicted octanol–water partition coefficient (Wildman–Crippen LogP) is 2.59. The molecular formula is C16H25N3O3. The predicted molar refractivity (Wildman–Crippen MR) is 80.6 cm³/mol. The molecule has 2 heterocycles. The van der Waals surface area contributed by atoms with Crippen LogP contribution in [0.3, 0.4) is 0 Å². The summed E-state index contributed by atoms with van der Waals surface area (Å²) in [5.74, 6) is 0.204. The molecule has 1 amide bonds. The van der Waals surface area contributed by atoms with E-state index in [0.29, 0.717) is 12.4 Å². The maximum atomic E-state index is 12.0. The molecule has 1 N–H and O–H groups in total. The molecule has 122 valence electrons. The normalized spacial score (nSPS) is 23.5. The van der Waals surface area contributed by atoms with E-state index in [9.17, 15) is 4.79 Å². The average Bonchev–Trinajstić information content (AvgIpc) is 3.04. The molecule has 0 bridgehead atoms. The van der Waals surface area contributed by atoms with Gasteiger partial charge in [0.1, 0.15) is 0 Å². The van der Waals surface area contributed by atoms with Crippen LogP contribution >= 0.6 is 0 Å². The summed E-state index contributed by atoms with van der Waals surface area (Å²) >= 11 is 0. The second kappa shape index (κ2) is 5.65. The molecule has 2 fully saturated rings. The van der Waals surface area contributed by atoms with Gasteiger partial charge < -0.3 is 14.5 Å². The minimum absolute atomic E-state index is 0.0349. The molecule has 1 spiro atoms. The first-order chi connectivity index (χ1) is 10.4. The number of carbonyl (C=O) groups excluding carboxylic acids is 1. The number of hydrogen-bond acceptors (Lipinski definition) is 5. The van der Waals surface area contributed by atoms with Crippen LogP contribution in [0.1, 0.15) is 75.9 Å². The van der Waals surface area contributed by atoms with Crippen molar-refractivity contribution in [2.45, 2.75) is 76.4 Å². The quantitative estimate of drug-likeness (QED) is 0.925. The molecule has 3 rings (SSSR count). The lowest BCUT2D eigenvalue weighted by Gasteiger charge is -2.38. The van der Waals surface area contributed by atoms with Gasteiger partial charge in [-0.25, -0.2) is 0 Å². The van der Waals surface area contributed by atoms with Crippen LogP contribution in [0.25, 0.3) is 0 Å². The van der Waals surface area contributed by atoms with E-state index in [4.69, 9.17) is 9.15 Å². The standard InChI is InChI=1S/C16H25N3O3/c1-15(2,3)14-19-18-13(21-14)12(20)17-10-6-11-5-9-16(22-11)7-4-8-16/h11H,4-10H2,1-3H3,(H,17,20). The number of aromatic nitrogens is 2. The van der Waals surface area contributed by atoms with Crippen molar-refractivity contribution in [2.75, 3.05) is 6.54 Å². The molecule has 22 heavy (non-hydrogen) atoms. The summed E-state index contributed by atoms with van der Waals surface area (Å²) in [4.78, 5) is 12.0. The lowest BCUT2D eigenvalue weighted by atomic mass is 9.78. The maximum Gasteiger partial charge on any atom is 0.308 e. The molecule has 1 aliphatic heterocycles. The molecular weight excluding hydrogens is 282 g/mol. The van der Waals surface area contributed by atoms with Gasteiger partial charge in [0, 0.05) is 12.0 Å². The number of nitrogens with zero attached hydrogens (tertiary/aromatic N) is 2. The number of hydrogen-bond donors (Lipinski definition) is 1. The highest BCUT2D eigenvalue weighted by molar-refractivity contribution is 5.89. The zero-order valence-electron chi connectivity index (χ0n) is 13.6. The Morgan fingerprint density at radius 3 is 2.64 bits per heavy atom. The number of ether oxygens (including phenoxy) is 1. The smallest absolute Gasteiger partial charge is 0.308 e. The zero-order chi connectivity index (χ0) is 15.8. The third kappa shape index (κ3) is 3.16. The lowest BCUT2D eigenvalue weighted by Crippen LogP contribution is -2.37. The lowest BCUT2D eigenvalue weighted by molar-refractivity contribution is -0.0920. The van der Waals surface area contributed by atoms with Gasteiger partial charge in [-0.05, 0) is 38.5 Å². The summed E-state index contributed by atoms with van der Waals surface area (Å²) in [6, 6.07) is 0. The van der Waals surface area contributed by atoms with Gasteiger partial charge in [-0.15, -0.1) is 10.2 Å². The van der Waals surface area contributed by atoms with Crippen LogP contribution in [-0.2, 0) is 10.2 Å². The first-order valence-corrected chi connectivity index (χ1v) is 8.18. The van der Waals surface area contributed by atoms with Crippen LogP contribution in [0.2, 0.25) is 0 Å². The summed E-state index contributed by atoms with van der Waals surface area (Å²) in [6.45, 7) is 6.48. The minimum Gasteiger partial charge on any atom is -0.416 e. The maximum absolute atomic E-state index is 12.0. The molecule has 1 aromatic rings. The highest BCUT2D eigenvalue weighted by atomic mass is 16.5. The zero-order valence-corrected chi connectivity index (χ0v) is 13.6. The number of carbonyl (C=O) groups is 1. The van der Waals surface area contributed by atoms with Gasteiger partial charge in [0.05, 0.1) is 11.7 Å². The van der Waals surface area contributed by atoms with Crippen molar-refractivity contribution < 1.29 is 13.9 Å². The third-order valence-electron chi connectivity index (χ3n) is 4.62. The van der Waals surface area contributed by atoms with Crippen LogP contribution < -0.4 is 5.32 Å². The molecule has 1 unspecified atom stereocenters. The summed E-state index contributed by atoms with van der Waals surface area (Å²) in [6.07, 6.45) is 7.08. The Balaban J connectivity index is 1.44. The van der Waals surface area contributed by atoms with Crippen molar-refractivity contribution >= 4 is 5.91 Å². The van der Waals surface area contributed by atoms with Crippen LogP contribution in [0.15, 0.2) is 4.42 Å². The van der Waals surface area contributed by atoms with E-state index in [2.05, 4.69) is 15.5 Å². The van der Waals surface area contributed by atoms with Crippen LogP contribution in [0.5, 0.6) is 0 Å². The minimum atomic E-state index is -0.306. The van der Waals surface area contributed by atoms with E-state index in [0.717, 1.165) is 12.8 Å². The second-order valence-corrected chi connectivity index (χ2v) is 7.52. The Labute approximate surface area is 131 Å². The highest BCUT2D eigenvalue weighted by Gasteiger charge is 2.44. The Hall–Kier alpha value is -1.43. The summed E-state index contributed by atoms with van der Waals surface area (Å²) < 4.78 is 11.5. The van der Waals surface area contributed by atoms with Crippen molar-refractivity contribution in [1.82, 2.24) is 15.5 Å². The first kappa shape index (κ1) is 15.5. The van der Waals surface area contributed by atoms with Gasteiger partial charge in [-0.2, -0.15) is 0 Å². The molecule has 0 radical (unpaired) electrons. The van der Waals surface area contributed by atoms with Crippen molar-refractivity contribution in [3.8, 4) is 0 Å². The van der Waals surface area contributed by atoms with Gasteiger partial charge in [0.15, 0.2) is 0 Å². The molecule has 6 nitrogen and oxygen atoms in total. The van der Waals surface area contributed by atoms with Crippen molar-refractivity contribution in [1.29, 1.82) is 0 Å². The largest absolute Gasteiger partial charge is 0.416 e. The Bertz CT molecular complexity index is 543. The van der Waals surface area contributed by atoms with E-state index in [1.807, 2.05) is 20.8 Å². The molecule has 1 aromatic heterocycles. The molecule has 1 saturated heterocycles. The molecule has 2 aliphatic rings. The van der Waals surface area contributed by atoms with Crippen molar-refractivity contribution in [3.63, 3.8) is 0 Å². The SMILES string of the molecule is CC(C)(C)c1nnc(C(=O)NCCC2CCC3(CCC3)O2)o1. The van der Waals surface area contributed by atoms with Gasteiger partial charge in [0.25, 0.3) is 0 Å². The fourth-order valence-corrected chi connectivity index (χ4v) is 3.08.